The first-order chi connectivity index (χ1) is 19.7. The van der Waals surface area contributed by atoms with Gasteiger partial charge < -0.3 is 0 Å². The second-order valence-corrected chi connectivity index (χ2v) is 11.2. The summed E-state index contributed by atoms with van der Waals surface area (Å²) in [5.74, 6) is -0.386. The van der Waals surface area contributed by atoms with E-state index in [-0.39, 0.29) is 23.5 Å². The van der Waals surface area contributed by atoms with E-state index < -0.39 is 16.4 Å². The SMILES string of the molecule is O=C1c2ccccc2C(=O)C12N[C@H](c1ccccc1)[C@]1(c3ccccc3)[C@@H](c3ccccc3)[C@]21c1ccccc1. The number of carbonyl (C=O) groups excluding carboxylic acids is 2. The van der Waals surface area contributed by atoms with E-state index in [0.717, 1.165) is 22.3 Å². The number of Topliss-reactive ketones (excluding diaryl/α,β-unsaturated/α-hetero) is 2. The zero-order chi connectivity index (χ0) is 27.0. The van der Waals surface area contributed by atoms with E-state index >= 15 is 0 Å². The molecular weight excluding hydrogens is 490 g/mol. The van der Waals surface area contributed by atoms with Gasteiger partial charge in [-0.1, -0.05) is 146 Å². The molecule has 1 saturated carbocycles. The van der Waals surface area contributed by atoms with Crippen molar-refractivity contribution < 1.29 is 9.59 Å². The predicted molar refractivity (Wildman–Crippen MR) is 156 cm³/mol. The number of piperidine rings is 1. The third-order valence-corrected chi connectivity index (χ3v) is 9.71. The second-order valence-electron chi connectivity index (χ2n) is 11.2. The van der Waals surface area contributed by atoms with Crippen molar-refractivity contribution >= 4 is 11.6 Å². The summed E-state index contributed by atoms with van der Waals surface area (Å²) in [6.45, 7) is 0. The highest BCUT2D eigenvalue weighted by molar-refractivity contribution is 6.35. The lowest BCUT2D eigenvalue weighted by Crippen LogP contribution is -2.60. The van der Waals surface area contributed by atoms with Crippen molar-refractivity contribution in [3.63, 3.8) is 0 Å². The molecular formula is C37H27NO2. The number of ketones is 2. The molecule has 2 fully saturated rings. The molecule has 0 amide bonds. The molecule has 8 rings (SSSR count). The van der Waals surface area contributed by atoms with Gasteiger partial charge in [0.1, 0.15) is 0 Å². The zero-order valence-corrected chi connectivity index (χ0v) is 21.8. The molecule has 192 valence electrons. The Kier molecular flexibility index (Phi) is 4.78. The first-order valence-electron chi connectivity index (χ1n) is 13.9. The lowest BCUT2D eigenvalue weighted by Gasteiger charge is -2.35. The summed E-state index contributed by atoms with van der Waals surface area (Å²) in [4.78, 5) is 29.8. The maximum Gasteiger partial charge on any atom is 0.192 e. The molecule has 5 aromatic rings. The molecule has 3 aliphatic rings. The Balaban J connectivity index is 1.55. The van der Waals surface area contributed by atoms with E-state index in [0.29, 0.717) is 11.1 Å². The van der Waals surface area contributed by atoms with Crippen molar-refractivity contribution in [2.45, 2.75) is 28.3 Å². The van der Waals surface area contributed by atoms with Crippen LogP contribution in [-0.4, -0.2) is 17.1 Å². The van der Waals surface area contributed by atoms with Gasteiger partial charge in [0.15, 0.2) is 17.1 Å². The third kappa shape index (κ3) is 2.54. The summed E-state index contributed by atoms with van der Waals surface area (Å²) in [6, 6.07) is 48.6. The van der Waals surface area contributed by atoms with Crippen LogP contribution in [0, 0.1) is 0 Å². The minimum absolute atomic E-state index is 0.125. The highest BCUT2D eigenvalue weighted by Gasteiger charge is 2.94. The minimum Gasteiger partial charge on any atom is -0.291 e. The molecule has 4 atom stereocenters. The number of fused-ring (bicyclic) bond motifs is 3. The van der Waals surface area contributed by atoms with Gasteiger partial charge >= 0.3 is 0 Å². The fourth-order valence-corrected chi connectivity index (χ4v) is 8.49. The zero-order valence-electron chi connectivity index (χ0n) is 21.8. The Hall–Kier alpha value is -4.60. The number of hydrogen-bond donors (Lipinski definition) is 1. The Morgan fingerprint density at radius 2 is 0.900 bits per heavy atom. The van der Waals surface area contributed by atoms with Crippen LogP contribution in [0.15, 0.2) is 146 Å². The maximum absolute atomic E-state index is 14.9. The van der Waals surface area contributed by atoms with E-state index in [1.807, 2.05) is 72.8 Å². The molecule has 0 aromatic heterocycles. The normalized spacial score (nSPS) is 27.4. The van der Waals surface area contributed by atoms with Gasteiger partial charge in [0, 0.05) is 33.9 Å². The lowest BCUT2D eigenvalue weighted by molar-refractivity contribution is 0.0721. The van der Waals surface area contributed by atoms with Gasteiger partial charge in [-0.3, -0.25) is 14.9 Å². The number of nitrogens with one attached hydrogen (secondary N) is 1. The minimum atomic E-state index is -1.46. The van der Waals surface area contributed by atoms with Crippen molar-refractivity contribution in [3.8, 4) is 0 Å². The fourth-order valence-electron chi connectivity index (χ4n) is 8.49. The molecule has 1 spiro atoms. The van der Waals surface area contributed by atoms with E-state index in [1.54, 1.807) is 0 Å². The van der Waals surface area contributed by atoms with Crippen molar-refractivity contribution in [1.82, 2.24) is 5.32 Å². The van der Waals surface area contributed by atoms with E-state index in [1.165, 1.54) is 0 Å². The number of hydrogen-bond acceptors (Lipinski definition) is 3. The van der Waals surface area contributed by atoms with Crippen LogP contribution in [0.25, 0.3) is 0 Å². The Morgan fingerprint density at radius 1 is 0.475 bits per heavy atom. The number of carbonyl (C=O) groups is 2. The first-order valence-corrected chi connectivity index (χ1v) is 13.9. The molecule has 1 N–H and O–H groups in total. The average Bonchev–Trinajstić information content (AvgIpc) is 3.51. The van der Waals surface area contributed by atoms with Crippen LogP contribution >= 0.6 is 0 Å². The van der Waals surface area contributed by atoms with Crippen LogP contribution in [-0.2, 0) is 10.8 Å². The maximum atomic E-state index is 14.9. The van der Waals surface area contributed by atoms with Crippen LogP contribution < -0.4 is 5.32 Å². The molecule has 0 radical (unpaired) electrons. The van der Waals surface area contributed by atoms with Gasteiger partial charge in [0.2, 0.25) is 0 Å². The van der Waals surface area contributed by atoms with Gasteiger partial charge in [-0.15, -0.1) is 0 Å². The standard InChI is InChI=1S/C37H27NO2/c39-33-29-23-13-14-24-30(29)34(40)37(33)36(28-21-11-4-12-22-28)31(25-15-5-1-6-16-25)35(36,27-19-9-3-10-20-27)32(38-37)26-17-7-2-8-18-26/h1-24,31-32,38H/t31-,32-,35+,36+/m1/s1. The molecule has 1 aliphatic heterocycles. The number of rotatable bonds is 4. The summed E-state index contributed by atoms with van der Waals surface area (Å²) in [6.07, 6.45) is 0. The summed E-state index contributed by atoms with van der Waals surface area (Å²) in [5, 5.41) is 3.81. The average molecular weight is 518 g/mol. The molecule has 0 unspecified atom stereocenters. The molecule has 3 heteroatoms. The van der Waals surface area contributed by atoms with Crippen molar-refractivity contribution in [3.05, 3.63) is 179 Å². The fraction of sp³-hybridized carbons (Fsp3) is 0.135. The Bertz CT molecular complexity index is 1730. The van der Waals surface area contributed by atoms with E-state index in [9.17, 15) is 9.59 Å². The Labute approximate surface area is 233 Å². The topological polar surface area (TPSA) is 46.2 Å². The summed E-state index contributed by atoms with van der Waals surface area (Å²) in [7, 11) is 0. The summed E-state index contributed by atoms with van der Waals surface area (Å²) < 4.78 is 0. The summed E-state index contributed by atoms with van der Waals surface area (Å²) >= 11 is 0. The highest BCUT2D eigenvalue weighted by atomic mass is 16.2. The quantitative estimate of drug-likeness (QED) is 0.266. The summed E-state index contributed by atoms with van der Waals surface area (Å²) in [5.41, 5.74) is 2.41. The van der Waals surface area contributed by atoms with Crippen molar-refractivity contribution in [2.24, 2.45) is 0 Å². The van der Waals surface area contributed by atoms with Crippen LogP contribution in [0.3, 0.4) is 0 Å². The van der Waals surface area contributed by atoms with Crippen molar-refractivity contribution in [1.29, 1.82) is 0 Å². The third-order valence-electron chi connectivity index (χ3n) is 9.71. The lowest BCUT2D eigenvalue weighted by atomic mass is 9.68. The Morgan fingerprint density at radius 3 is 1.43 bits per heavy atom. The molecule has 3 nitrogen and oxygen atoms in total. The molecule has 0 bridgehead atoms. The van der Waals surface area contributed by atoms with Crippen LogP contribution in [0.2, 0.25) is 0 Å². The largest absolute Gasteiger partial charge is 0.291 e. The highest BCUT2D eigenvalue weighted by Crippen LogP contribution is 2.86. The molecule has 1 heterocycles. The van der Waals surface area contributed by atoms with E-state index in [4.69, 9.17) is 0 Å². The van der Waals surface area contributed by atoms with Crippen LogP contribution in [0.1, 0.15) is 54.9 Å². The smallest absolute Gasteiger partial charge is 0.192 e. The predicted octanol–water partition coefficient (Wildman–Crippen LogP) is 6.82. The van der Waals surface area contributed by atoms with Gasteiger partial charge in [-0.25, -0.2) is 0 Å². The van der Waals surface area contributed by atoms with Gasteiger partial charge in [-0.05, 0) is 22.3 Å². The van der Waals surface area contributed by atoms with Gasteiger partial charge in [-0.2, -0.15) is 0 Å². The van der Waals surface area contributed by atoms with Crippen molar-refractivity contribution in [2.75, 3.05) is 0 Å². The number of benzene rings is 5. The molecule has 1 saturated heterocycles. The monoisotopic (exact) mass is 517 g/mol. The van der Waals surface area contributed by atoms with E-state index in [2.05, 4.69) is 78.1 Å². The first kappa shape index (κ1) is 23.3. The van der Waals surface area contributed by atoms with Crippen LogP contribution in [0.5, 0.6) is 0 Å². The second kappa shape index (κ2) is 8.20. The van der Waals surface area contributed by atoms with Gasteiger partial charge in [0.25, 0.3) is 0 Å². The molecule has 40 heavy (non-hydrogen) atoms. The van der Waals surface area contributed by atoms with Gasteiger partial charge in [0.05, 0.1) is 0 Å². The molecule has 5 aromatic carbocycles. The van der Waals surface area contributed by atoms with Crippen LogP contribution in [0.4, 0.5) is 0 Å². The molecule has 2 aliphatic carbocycles.